The summed E-state index contributed by atoms with van der Waals surface area (Å²) < 4.78 is 18.1. The Morgan fingerprint density at radius 3 is 1.47 bits per heavy atom. The molecule has 0 bridgehead atoms. The van der Waals surface area contributed by atoms with Gasteiger partial charge in [0, 0.05) is 0 Å². The predicted molar refractivity (Wildman–Crippen MR) is 75.6 cm³/mol. The van der Waals surface area contributed by atoms with Gasteiger partial charge in [-0.05, 0) is 0 Å². The first-order chi connectivity index (χ1) is 6.73. The molecule has 1 aromatic carbocycles. The van der Waals surface area contributed by atoms with Crippen molar-refractivity contribution < 1.29 is 0 Å². The Morgan fingerprint density at radius 2 is 1.13 bits per heavy atom. The van der Waals surface area contributed by atoms with Crippen molar-refractivity contribution in [1.29, 1.82) is 0 Å². The molecule has 0 spiro atoms. The van der Waals surface area contributed by atoms with Crippen LogP contribution in [0.2, 0.25) is 26.9 Å². The van der Waals surface area contributed by atoms with Crippen LogP contribution in [0.25, 0.3) is 0 Å². The summed E-state index contributed by atoms with van der Waals surface area (Å²) in [7, 11) is 0. The molecule has 0 unspecified atom stereocenters. The topological polar surface area (TPSA) is 3.24 Å². The van der Waals surface area contributed by atoms with Crippen molar-refractivity contribution in [3.63, 3.8) is 0 Å². The van der Waals surface area contributed by atoms with Gasteiger partial charge in [-0.15, -0.1) is 0 Å². The van der Waals surface area contributed by atoms with Crippen molar-refractivity contribution in [2.75, 3.05) is 0.519 Å². The van der Waals surface area contributed by atoms with Crippen LogP contribution in [0, 0.1) is 0 Å². The summed E-state index contributed by atoms with van der Waals surface area (Å²) in [5.41, 5.74) is 1.49. The Balaban J connectivity index is 3.15. The summed E-state index contributed by atoms with van der Waals surface area (Å²) in [5.74, 6) is 0. The van der Waals surface area contributed by atoms with E-state index in [1.807, 2.05) is 0 Å². The zero-order valence-electron chi connectivity index (χ0n) is 10.8. The maximum absolute atomic E-state index is 2.90. The molecule has 0 aliphatic heterocycles. The van der Waals surface area contributed by atoms with E-state index in [4.69, 9.17) is 0 Å². The fraction of sp³-hybridized carbons (Fsp3) is 0.500. The molecule has 84 valence electrons. The van der Waals surface area contributed by atoms with E-state index in [1.54, 1.807) is 0 Å². The third-order valence-electron chi connectivity index (χ3n) is 2.36. The fourth-order valence-corrected chi connectivity index (χ4v) is 86.0. The van der Waals surface area contributed by atoms with Gasteiger partial charge in [-0.1, -0.05) is 0 Å². The zero-order chi connectivity index (χ0) is 11.7. The first-order valence-electron chi connectivity index (χ1n) is 5.58. The molecule has 0 fully saturated rings. The molecule has 1 aromatic rings. The van der Waals surface area contributed by atoms with Gasteiger partial charge in [-0.25, -0.2) is 0 Å². The van der Waals surface area contributed by atoms with Gasteiger partial charge in [0.2, 0.25) is 0 Å². The predicted octanol–water partition coefficient (Wildman–Crippen LogP) is 4.16. The van der Waals surface area contributed by atoms with E-state index < -0.39 is 42.9 Å². The molecule has 0 aliphatic rings. The van der Waals surface area contributed by atoms with E-state index in [1.165, 1.54) is 5.69 Å². The minimum absolute atomic E-state index is 1.49. The number of para-hydroxylation sites is 1. The molecule has 0 heterocycles. The van der Waals surface area contributed by atoms with Crippen molar-refractivity contribution in [1.82, 2.24) is 0 Å². The van der Waals surface area contributed by atoms with E-state index in [0.717, 1.165) is 0 Å². The van der Waals surface area contributed by atoms with Crippen LogP contribution in [0.3, 0.4) is 0 Å². The summed E-state index contributed by atoms with van der Waals surface area (Å²) in [4.78, 5) is 0. The summed E-state index contributed by atoms with van der Waals surface area (Å²) in [5, 5.41) is 0. The molecule has 0 aliphatic carbocycles. The Kier molecular flexibility index (Phi) is 4.66. The van der Waals surface area contributed by atoms with Crippen molar-refractivity contribution >= 4 is 48.6 Å². The molecule has 0 atom stereocenters. The van der Waals surface area contributed by atoms with Crippen LogP contribution in [0.5, 0.6) is 0 Å². The second-order valence-electron chi connectivity index (χ2n) is 6.01. The fourth-order valence-electron chi connectivity index (χ4n) is 2.36. The quantitative estimate of drug-likeness (QED) is 0.475. The van der Waals surface area contributed by atoms with E-state index in [0.29, 0.717) is 0 Å². The number of hydrogen-bond donors (Lipinski definition) is 0. The van der Waals surface area contributed by atoms with Crippen LogP contribution in [0.1, 0.15) is 0 Å². The Bertz CT molecular complexity index is 295. The number of nitrogens with zero attached hydrogens (tertiary/aromatic N) is 1. The first-order valence-corrected chi connectivity index (χ1v) is 32.4. The molecular weight excluding hydrogens is 573 g/mol. The molecule has 15 heavy (non-hydrogen) atoms. The van der Waals surface area contributed by atoms with Gasteiger partial charge in [0.1, 0.15) is 0 Å². The van der Waals surface area contributed by atoms with E-state index in [9.17, 15) is 0 Å². The SMILES string of the molecule is [CH3][Pb]([CH3])([CH3])[N](c1ccccc1)[Pb]([CH3])([CH3])[CH3]. The Labute approximate surface area is 105 Å². The van der Waals surface area contributed by atoms with E-state index >= 15 is 0 Å². The number of hydrogen-bond acceptors (Lipinski definition) is 1. The summed E-state index contributed by atoms with van der Waals surface area (Å²) >= 11 is -4.22. The molecule has 1 rings (SSSR count). The molecular formula is C12H23NPb2. The normalized spacial score (nSPS) is 12.7. The number of rotatable bonds is 3. The van der Waals surface area contributed by atoms with Gasteiger partial charge in [0.15, 0.2) is 0 Å². The van der Waals surface area contributed by atoms with Crippen molar-refractivity contribution in [3.8, 4) is 0 Å². The average molecular weight is 596 g/mol. The van der Waals surface area contributed by atoms with E-state index in [2.05, 4.69) is 57.7 Å². The molecule has 0 saturated carbocycles. The van der Waals surface area contributed by atoms with Crippen LogP contribution < -0.4 is 0.519 Å². The molecule has 0 radical (unpaired) electrons. The first kappa shape index (κ1) is 13.9. The summed E-state index contributed by atoms with van der Waals surface area (Å²) in [6, 6.07) is 11.0. The number of benzene rings is 1. The third kappa shape index (κ3) is 3.98. The van der Waals surface area contributed by atoms with Crippen LogP contribution in [0.4, 0.5) is 5.69 Å². The minimum atomic E-state index is -2.11. The third-order valence-corrected chi connectivity index (χ3v) is 60.6. The second kappa shape index (κ2) is 5.02. The molecule has 0 N–H and O–H groups in total. The van der Waals surface area contributed by atoms with Crippen molar-refractivity contribution in [2.24, 2.45) is 0 Å². The molecule has 3 heteroatoms. The van der Waals surface area contributed by atoms with Gasteiger partial charge in [0.25, 0.3) is 0 Å². The van der Waals surface area contributed by atoms with Crippen LogP contribution in [-0.4, -0.2) is 42.9 Å². The standard InChI is InChI=1S/C6H5N.6CH3.2Pb/c7-6-4-2-1-3-5-6;;;;;;;;/h1-5H;6*1H3;;. The molecule has 0 aromatic heterocycles. The second-order valence-corrected chi connectivity index (χ2v) is 50.0. The molecule has 0 saturated heterocycles. The molecule has 0 amide bonds. The maximum atomic E-state index is 2.90. The number of anilines is 1. The van der Waals surface area contributed by atoms with Gasteiger partial charge < -0.3 is 0 Å². The van der Waals surface area contributed by atoms with Crippen molar-refractivity contribution in [3.05, 3.63) is 30.3 Å². The Hall–Kier alpha value is 0.864. The average Bonchev–Trinajstić information content (AvgIpc) is 2.00. The van der Waals surface area contributed by atoms with Crippen molar-refractivity contribution in [2.45, 2.75) is 26.9 Å². The summed E-state index contributed by atoms with van der Waals surface area (Å²) in [6.45, 7) is 0. The summed E-state index contributed by atoms with van der Waals surface area (Å²) in [6.07, 6.45) is 0. The van der Waals surface area contributed by atoms with Gasteiger partial charge in [-0.3, -0.25) is 0 Å². The van der Waals surface area contributed by atoms with Gasteiger partial charge in [0.05, 0.1) is 0 Å². The zero-order valence-corrected chi connectivity index (χ0v) is 18.6. The van der Waals surface area contributed by atoms with Crippen LogP contribution >= 0.6 is 0 Å². The van der Waals surface area contributed by atoms with Crippen LogP contribution in [-0.2, 0) is 0 Å². The van der Waals surface area contributed by atoms with Crippen LogP contribution in [0.15, 0.2) is 30.3 Å². The molecule has 1 nitrogen and oxygen atoms in total. The van der Waals surface area contributed by atoms with Gasteiger partial charge >= 0.3 is 106 Å². The van der Waals surface area contributed by atoms with E-state index in [-0.39, 0.29) is 0 Å². The monoisotopic (exact) mass is 597 g/mol. The van der Waals surface area contributed by atoms with Gasteiger partial charge in [-0.2, -0.15) is 0 Å². The Morgan fingerprint density at radius 1 is 0.733 bits per heavy atom.